The molecule has 3 heteroatoms. The van der Waals surface area contributed by atoms with E-state index in [2.05, 4.69) is 28.5 Å². The van der Waals surface area contributed by atoms with Gasteiger partial charge in [0.25, 0.3) is 0 Å². The molecule has 1 aliphatic heterocycles. The number of fused-ring (bicyclic) bond motifs is 1. The van der Waals surface area contributed by atoms with Crippen molar-refractivity contribution >= 4 is 10.9 Å². The minimum Gasteiger partial charge on any atom is -0.376 e. The van der Waals surface area contributed by atoms with E-state index in [1.54, 1.807) is 0 Å². The second kappa shape index (κ2) is 5.68. The summed E-state index contributed by atoms with van der Waals surface area (Å²) in [6.45, 7) is 0.879. The van der Waals surface area contributed by atoms with Gasteiger partial charge in [-0.25, -0.2) is 0 Å². The summed E-state index contributed by atoms with van der Waals surface area (Å²) in [6.07, 6.45) is 5.80. The molecule has 1 saturated heterocycles. The van der Waals surface area contributed by atoms with E-state index in [1.807, 2.05) is 25.4 Å². The maximum atomic E-state index is 5.91. The van der Waals surface area contributed by atoms with Crippen LogP contribution in [0.5, 0.6) is 0 Å². The van der Waals surface area contributed by atoms with Crippen molar-refractivity contribution in [1.82, 2.24) is 10.3 Å². The molecule has 2 atom stereocenters. The number of hydrogen-bond donors (Lipinski definition) is 1. The molecule has 1 aromatic carbocycles. The Morgan fingerprint density at radius 1 is 1.32 bits per heavy atom. The van der Waals surface area contributed by atoms with Gasteiger partial charge in [0, 0.05) is 18.2 Å². The van der Waals surface area contributed by atoms with Gasteiger partial charge >= 0.3 is 0 Å². The molecular formula is C16H20N2O. The molecule has 0 amide bonds. The molecule has 1 aromatic heterocycles. The molecule has 100 valence electrons. The summed E-state index contributed by atoms with van der Waals surface area (Å²) in [5, 5.41) is 4.58. The number of hydrogen-bond acceptors (Lipinski definition) is 3. The normalized spacial score (nSPS) is 21.4. The van der Waals surface area contributed by atoms with Gasteiger partial charge in [-0.2, -0.15) is 0 Å². The Bertz CT molecular complexity index is 549. The SMILES string of the molecule is CNC(c1cnc2ccccc2c1)C1CCCCO1. The third-order valence-electron chi connectivity index (χ3n) is 3.87. The Morgan fingerprint density at radius 2 is 2.21 bits per heavy atom. The van der Waals surface area contributed by atoms with E-state index in [0.29, 0.717) is 0 Å². The average molecular weight is 256 g/mol. The first-order valence-electron chi connectivity index (χ1n) is 7.02. The molecule has 0 bridgehead atoms. The fraction of sp³-hybridized carbons (Fsp3) is 0.438. The minimum absolute atomic E-state index is 0.234. The molecule has 0 saturated carbocycles. The Balaban J connectivity index is 1.91. The van der Waals surface area contributed by atoms with Gasteiger partial charge in [-0.15, -0.1) is 0 Å². The van der Waals surface area contributed by atoms with E-state index in [1.165, 1.54) is 23.8 Å². The van der Waals surface area contributed by atoms with Crippen LogP contribution in [-0.2, 0) is 4.74 Å². The van der Waals surface area contributed by atoms with Crippen molar-refractivity contribution in [3.05, 3.63) is 42.1 Å². The number of para-hydroxylation sites is 1. The lowest BCUT2D eigenvalue weighted by atomic mass is 9.96. The zero-order valence-electron chi connectivity index (χ0n) is 11.3. The molecule has 3 rings (SSSR count). The third kappa shape index (κ3) is 2.62. The van der Waals surface area contributed by atoms with Crippen molar-refractivity contribution in [3.8, 4) is 0 Å². The van der Waals surface area contributed by atoms with Crippen LogP contribution < -0.4 is 5.32 Å². The first kappa shape index (κ1) is 12.6. The number of nitrogens with one attached hydrogen (secondary N) is 1. The Kier molecular flexibility index (Phi) is 3.76. The number of rotatable bonds is 3. The van der Waals surface area contributed by atoms with Crippen LogP contribution in [-0.4, -0.2) is 24.7 Å². The zero-order chi connectivity index (χ0) is 13.1. The van der Waals surface area contributed by atoms with Gasteiger partial charge in [-0.05, 0) is 44.0 Å². The van der Waals surface area contributed by atoms with Gasteiger partial charge < -0.3 is 10.1 Å². The van der Waals surface area contributed by atoms with E-state index in [4.69, 9.17) is 4.74 Å². The predicted octanol–water partition coefficient (Wildman–Crippen LogP) is 3.06. The van der Waals surface area contributed by atoms with Crippen molar-refractivity contribution in [2.75, 3.05) is 13.7 Å². The number of benzene rings is 1. The summed E-state index contributed by atoms with van der Waals surface area (Å²) in [4.78, 5) is 4.55. The fourth-order valence-corrected chi connectivity index (χ4v) is 2.85. The van der Waals surface area contributed by atoms with Crippen LogP contribution >= 0.6 is 0 Å². The summed E-state index contributed by atoms with van der Waals surface area (Å²) in [6, 6.07) is 10.7. The molecule has 2 heterocycles. The van der Waals surface area contributed by atoms with E-state index in [9.17, 15) is 0 Å². The van der Waals surface area contributed by atoms with Crippen LogP contribution in [0.3, 0.4) is 0 Å². The highest BCUT2D eigenvalue weighted by Crippen LogP contribution is 2.27. The van der Waals surface area contributed by atoms with Crippen LogP contribution in [0, 0.1) is 0 Å². The summed E-state index contributed by atoms with van der Waals surface area (Å²) < 4.78 is 5.91. The number of pyridine rings is 1. The molecule has 0 spiro atoms. The topological polar surface area (TPSA) is 34.2 Å². The number of ether oxygens (including phenoxy) is 1. The molecule has 0 aliphatic carbocycles. The average Bonchev–Trinajstić information content (AvgIpc) is 2.49. The molecule has 19 heavy (non-hydrogen) atoms. The van der Waals surface area contributed by atoms with Crippen LogP contribution in [0.2, 0.25) is 0 Å². The van der Waals surface area contributed by atoms with Gasteiger partial charge in [-0.3, -0.25) is 4.98 Å². The van der Waals surface area contributed by atoms with Gasteiger partial charge in [0.1, 0.15) is 0 Å². The number of likely N-dealkylation sites (N-methyl/N-ethyl adjacent to an activating group) is 1. The van der Waals surface area contributed by atoms with Crippen LogP contribution in [0.15, 0.2) is 36.5 Å². The molecule has 1 fully saturated rings. The molecule has 3 nitrogen and oxygen atoms in total. The number of aromatic nitrogens is 1. The van der Waals surface area contributed by atoms with Gasteiger partial charge in [0.05, 0.1) is 17.7 Å². The second-order valence-corrected chi connectivity index (χ2v) is 5.13. The Labute approximate surface area is 114 Å². The predicted molar refractivity (Wildman–Crippen MR) is 77.1 cm³/mol. The molecule has 2 aromatic rings. The fourth-order valence-electron chi connectivity index (χ4n) is 2.85. The summed E-state index contributed by atoms with van der Waals surface area (Å²) >= 11 is 0. The maximum Gasteiger partial charge on any atom is 0.0770 e. The highest BCUT2D eigenvalue weighted by molar-refractivity contribution is 5.78. The summed E-state index contributed by atoms with van der Waals surface area (Å²) in [5.74, 6) is 0. The van der Waals surface area contributed by atoms with Gasteiger partial charge in [-0.1, -0.05) is 18.2 Å². The quantitative estimate of drug-likeness (QED) is 0.916. The lowest BCUT2D eigenvalue weighted by Crippen LogP contribution is -2.34. The van der Waals surface area contributed by atoms with Crippen molar-refractivity contribution in [3.63, 3.8) is 0 Å². The smallest absolute Gasteiger partial charge is 0.0770 e. The van der Waals surface area contributed by atoms with Crippen LogP contribution in [0.25, 0.3) is 10.9 Å². The highest BCUT2D eigenvalue weighted by Gasteiger charge is 2.24. The van der Waals surface area contributed by atoms with E-state index in [0.717, 1.165) is 18.5 Å². The first-order chi connectivity index (χ1) is 9.38. The molecule has 2 unspecified atom stereocenters. The van der Waals surface area contributed by atoms with Gasteiger partial charge in [0.15, 0.2) is 0 Å². The molecule has 0 radical (unpaired) electrons. The van der Waals surface area contributed by atoms with E-state index >= 15 is 0 Å². The van der Waals surface area contributed by atoms with Crippen molar-refractivity contribution in [2.45, 2.75) is 31.4 Å². The lowest BCUT2D eigenvalue weighted by molar-refractivity contribution is -0.00665. The summed E-state index contributed by atoms with van der Waals surface area (Å²) in [7, 11) is 2.00. The zero-order valence-corrected chi connectivity index (χ0v) is 11.3. The van der Waals surface area contributed by atoms with Crippen LogP contribution in [0.4, 0.5) is 0 Å². The van der Waals surface area contributed by atoms with Gasteiger partial charge in [0.2, 0.25) is 0 Å². The third-order valence-corrected chi connectivity index (χ3v) is 3.87. The lowest BCUT2D eigenvalue weighted by Gasteiger charge is -2.30. The first-order valence-corrected chi connectivity index (χ1v) is 7.02. The molecular weight excluding hydrogens is 236 g/mol. The van der Waals surface area contributed by atoms with E-state index < -0.39 is 0 Å². The molecule has 1 N–H and O–H groups in total. The van der Waals surface area contributed by atoms with Crippen molar-refractivity contribution in [1.29, 1.82) is 0 Å². The Morgan fingerprint density at radius 3 is 3.00 bits per heavy atom. The monoisotopic (exact) mass is 256 g/mol. The molecule has 1 aliphatic rings. The maximum absolute atomic E-state index is 5.91. The number of nitrogens with zero attached hydrogens (tertiary/aromatic N) is 1. The highest BCUT2D eigenvalue weighted by atomic mass is 16.5. The Hall–Kier alpha value is -1.45. The van der Waals surface area contributed by atoms with E-state index in [-0.39, 0.29) is 12.1 Å². The minimum atomic E-state index is 0.234. The summed E-state index contributed by atoms with van der Waals surface area (Å²) in [5.41, 5.74) is 2.26. The van der Waals surface area contributed by atoms with Crippen molar-refractivity contribution < 1.29 is 4.74 Å². The second-order valence-electron chi connectivity index (χ2n) is 5.13. The van der Waals surface area contributed by atoms with Crippen molar-refractivity contribution in [2.24, 2.45) is 0 Å². The van der Waals surface area contributed by atoms with Crippen LogP contribution in [0.1, 0.15) is 30.9 Å². The largest absolute Gasteiger partial charge is 0.376 e. The standard InChI is InChI=1S/C16H20N2O/c1-17-16(15-8-4-5-9-19-15)13-10-12-6-2-3-7-14(12)18-11-13/h2-3,6-7,10-11,15-17H,4-5,8-9H2,1H3.